The van der Waals surface area contributed by atoms with Gasteiger partial charge in [-0.15, -0.1) is 6.42 Å². The minimum atomic E-state index is 0.562. The molecule has 1 N–H and O–H groups in total. The van der Waals surface area contributed by atoms with Gasteiger partial charge in [-0.2, -0.15) is 0 Å². The number of nitrogens with one attached hydrogen (secondary N) is 1. The minimum Gasteiger partial charge on any atom is -0.477 e. The Morgan fingerprint density at radius 3 is 3.25 bits per heavy atom. The molecule has 0 radical (unpaired) electrons. The molecular weight excluding hydrogens is 202 g/mol. The first kappa shape index (κ1) is 10.9. The highest BCUT2D eigenvalue weighted by Gasteiger charge is 2.13. The monoisotopic (exact) mass is 217 g/mol. The summed E-state index contributed by atoms with van der Waals surface area (Å²) in [7, 11) is 0. The highest BCUT2D eigenvalue weighted by Crippen LogP contribution is 2.13. The maximum atomic E-state index is 5.60. The van der Waals surface area contributed by atoms with Gasteiger partial charge < -0.3 is 10.1 Å². The van der Waals surface area contributed by atoms with Gasteiger partial charge in [0, 0.05) is 18.5 Å². The van der Waals surface area contributed by atoms with Gasteiger partial charge in [0.05, 0.1) is 6.61 Å². The average Bonchev–Trinajstić information content (AvgIpc) is 2.38. The van der Waals surface area contributed by atoms with Gasteiger partial charge in [-0.25, -0.2) is 9.97 Å². The van der Waals surface area contributed by atoms with Crippen molar-refractivity contribution < 1.29 is 4.74 Å². The molecule has 0 saturated carbocycles. The summed E-state index contributed by atoms with van der Waals surface area (Å²) in [5.74, 6) is 3.59. The van der Waals surface area contributed by atoms with E-state index in [1.807, 2.05) is 0 Å². The van der Waals surface area contributed by atoms with E-state index in [4.69, 9.17) is 11.2 Å². The SMILES string of the molecule is C#Cc1cc(OCC2CCCNC2)ncn1. The molecule has 1 atom stereocenters. The number of terminal acetylenes is 1. The highest BCUT2D eigenvalue weighted by atomic mass is 16.5. The lowest BCUT2D eigenvalue weighted by atomic mass is 10.0. The van der Waals surface area contributed by atoms with E-state index >= 15 is 0 Å². The van der Waals surface area contributed by atoms with Crippen LogP contribution in [0.1, 0.15) is 18.5 Å². The number of hydrogen-bond donors (Lipinski definition) is 1. The van der Waals surface area contributed by atoms with E-state index in [1.54, 1.807) is 6.07 Å². The summed E-state index contributed by atoms with van der Waals surface area (Å²) in [5, 5.41) is 3.35. The molecule has 84 valence electrons. The van der Waals surface area contributed by atoms with Gasteiger partial charge in [-0.1, -0.05) is 0 Å². The van der Waals surface area contributed by atoms with Crippen LogP contribution in [0.15, 0.2) is 12.4 Å². The normalized spacial score (nSPS) is 20.1. The van der Waals surface area contributed by atoms with Crippen molar-refractivity contribution in [1.29, 1.82) is 0 Å². The molecule has 0 spiro atoms. The van der Waals surface area contributed by atoms with Crippen molar-refractivity contribution in [2.45, 2.75) is 12.8 Å². The van der Waals surface area contributed by atoms with Crippen LogP contribution in [0, 0.1) is 18.3 Å². The second-order valence-corrected chi connectivity index (χ2v) is 3.91. The molecule has 0 aliphatic carbocycles. The lowest BCUT2D eigenvalue weighted by Gasteiger charge is -2.22. The first-order chi connectivity index (χ1) is 7.88. The molecule has 0 amide bonds. The number of aromatic nitrogens is 2. The van der Waals surface area contributed by atoms with Crippen LogP contribution in [-0.2, 0) is 0 Å². The number of ether oxygens (including phenoxy) is 1. The van der Waals surface area contributed by atoms with Crippen molar-refractivity contribution in [2.75, 3.05) is 19.7 Å². The predicted molar refractivity (Wildman–Crippen MR) is 61.1 cm³/mol. The molecule has 1 saturated heterocycles. The molecule has 0 aromatic carbocycles. The standard InChI is InChI=1S/C12H15N3O/c1-2-11-6-12(15-9-14-11)16-8-10-4-3-5-13-7-10/h1,6,9-10,13H,3-5,7-8H2. The average molecular weight is 217 g/mol. The molecule has 1 fully saturated rings. The lowest BCUT2D eigenvalue weighted by Crippen LogP contribution is -2.33. The van der Waals surface area contributed by atoms with Crippen LogP contribution in [0.2, 0.25) is 0 Å². The number of rotatable bonds is 3. The van der Waals surface area contributed by atoms with E-state index in [1.165, 1.54) is 19.2 Å². The van der Waals surface area contributed by atoms with Crippen LogP contribution in [0.5, 0.6) is 5.88 Å². The summed E-state index contributed by atoms with van der Waals surface area (Å²) < 4.78 is 5.60. The zero-order valence-corrected chi connectivity index (χ0v) is 9.15. The molecule has 1 unspecified atom stereocenters. The van der Waals surface area contributed by atoms with Crippen molar-refractivity contribution in [3.8, 4) is 18.2 Å². The summed E-state index contributed by atoms with van der Waals surface area (Å²) >= 11 is 0. The van der Waals surface area contributed by atoms with Crippen LogP contribution in [0.3, 0.4) is 0 Å². The summed E-state index contributed by atoms with van der Waals surface area (Å²) in [6.07, 6.45) is 9.11. The molecule has 2 rings (SSSR count). The molecule has 4 heteroatoms. The molecule has 1 aromatic rings. The molecule has 16 heavy (non-hydrogen) atoms. The molecular formula is C12H15N3O. The van der Waals surface area contributed by atoms with Gasteiger partial charge in [-0.05, 0) is 25.3 Å². The molecule has 4 nitrogen and oxygen atoms in total. The third kappa shape index (κ3) is 2.94. The van der Waals surface area contributed by atoms with Crippen LogP contribution >= 0.6 is 0 Å². The van der Waals surface area contributed by atoms with E-state index in [0.29, 0.717) is 24.1 Å². The Hall–Kier alpha value is -1.60. The topological polar surface area (TPSA) is 47.0 Å². The molecule has 0 bridgehead atoms. The highest BCUT2D eigenvalue weighted by molar-refractivity contribution is 5.27. The molecule has 1 aliphatic heterocycles. The Bertz CT molecular complexity index is 380. The molecule has 1 aliphatic rings. The minimum absolute atomic E-state index is 0.562. The van der Waals surface area contributed by atoms with E-state index in [2.05, 4.69) is 21.2 Å². The Balaban J connectivity index is 1.86. The van der Waals surface area contributed by atoms with Crippen LogP contribution in [-0.4, -0.2) is 29.7 Å². The van der Waals surface area contributed by atoms with E-state index in [-0.39, 0.29) is 0 Å². The van der Waals surface area contributed by atoms with Crippen molar-refractivity contribution >= 4 is 0 Å². The third-order valence-corrected chi connectivity index (χ3v) is 2.66. The second kappa shape index (κ2) is 5.47. The van der Waals surface area contributed by atoms with Crippen molar-refractivity contribution in [1.82, 2.24) is 15.3 Å². The van der Waals surface area contributed by atoms with E-state index < -0.39 is 0 Å². The maximum absolute atomic E-state index is 5.60. The van der Waals surface area contributed by atoms with Crippen LogP contribution in [0.4, 0.5) is 0 Å². The van der Waals surface area contributed by atoms with Crippen LogP contribution < -0.4 is 10.1 Å². The lowest BCUT2D eigenvalue weighted by molar-refractivity contribution is 0.212. The largest absolute Gasteiger partial charge is 0.477 e. The number of piperidine rings is 1. The van der Waals surface area contributed by atoms with Gasteiger partial charge in [0.15, 0.2) is 0 Å². The fraction of sp³-hybridized carbons (Fsp3) is 0.500. The Kier molecular flexibility index (Phi) is 3.73. The van der Waals surface area contributed by atoms with Gasteiger partial charge >= 0.3 is 0 Å². The zero-order chi connectivity index (χ0) is 11.2. The first-order valence-corrected chi connectivity index (χ1v) is 5.50. The Morgan fingerprint density at radius 2 is 2.50 bits per heavy atom. The molecule has 1 aromatic heterocycles. The first-order valence-electron chi connectivity index (χ1n) is 5.50. The van der Waals surface area contributed by atoms with Gasteiger partial charge in [0.25, 0.3) is 0 Å². The Labute approximate surface area is 95.4 Å². The maximum Gasteiger partial charge on any atom is 0.217 e. The van der Waals surface area contributed by atoms with E-state index in [0.717, 1.165) is 13.1 Å². The number of nitrogens with zero attached hydrogens (tertiary/aromatic N) is 2. The third-order valence-electron chi connectivity index (χ3n) is 2.66. The molecule has 2 heterocycles. The van der Waals surface area contributed by atoms with E-state index in [9.17, 15) is 0 Å². The predicted octanol–water partition coefficient (Wildman–Crippen LogP) is 0.836. The summed E-state index contributed by atoms with van der Waals surface area (Å²) in [6, 6.07) is 1.69. The van der Waals surface area contributed by atoms with Crippen molar-refractivity contribution in [3.63, 3.8) is 0 Å². The second-order valence-electron chi connectivity index (χ2n) is 3.91. The van der Waals surface area contributed by atoms with Crippen molar-refractivity contribution in [2.24, 2.45) is 5.92 Å². The smallest absolute Gasteiger partial charge is 0.217 e. The summed E-state index contributed by atoms with van der Waals surface area (Å²) in [4.78, 5) is 7.94. The van der Waals surface area contributed by atoms with Crippen molar-refractivity contribution in [3.05, 3.63) is 18.1 Å². The van der Waals surface area contributed by atoms with Gasteiger partial charge in [0.2, 0.25) is 5.88 Å². The van der Waals surface area contributed by atoms with Gasteiger partial charge in [0.1, 0.15) is 12.0 Å². The quantitative estimate of drug-likeness (QED) is 0.762. The Morgan fingerprint density at radius 1 is 1.56 bits per heavy atom. The fourth-order valence-electron chi connectivity index (χ4n) is 1.77. The fourth-order valence-corrected chi connectivity index (χ4v) is 1.77. The number of hydrogen-bond acceptors (Lipinski definition) is 4. The zero-order valence-electron chi connectivity index (χ0n) is 9.15. The van der Waals surface area contributed by atoms with Gasteiger partial charge in [-0.3, -0.25) is 0 Å². The summed E-state index contributed by atoms with van der Waals surface area (Å²) in [5.41, 5.74) is 0.562. The summed E-state index contributed by atoms with van der Waals surface area (Å²) in [6.45, 7) is 2.83. The van der Waals surface area contributed by atoms with Crippen LogP contribution in [0.25, 0.3) is 0 Å².